The summed E-state index contributed by atoms with van der Waals surface area (Å²) in [4.78, 5) is 8.00. The summed E-state index contributed by atoms with van der Waals surface area (Å²) in [6.07, 6.45) is -6.32. The van der Waals surface area contributed by atoms with Crippen LogP contribution >= 0.6 is 0 Å². The molecule has 48 heavy (non-hydrogen) atoms. The monoisotopic (exact) mass is 654 g/mol. The topological polar surface area (TPSA) is 72.3 Å². The molecule has 0 spiro atoms. The van der Waals surface area contributed by atoms with Crippen LogP contribution in [0.2, 0.25) is 0 Å². The number of halogens is 8. The van der Waals surface area contributed by atoms with Crippen LogP contribution in [0, 0.1) is 34.5 Å². The van der Waals surface area contributed by atoms with E-state index in [4.69, 9.17) is 0 Å². The molecule has 0 radical (unpaired) electrons. The molecular formula is C36H14F8N4. The van der Waals surface area contributed by atoms with E-state index in [1.165, 1.54) is 12.1 Å². The van der Waals surface area contributed by atoms with E-state index in [1.807, 2.05) is 0 Å². The van der Waals surface area contributed by atoms with Crippen molar-refractivity contribution in [3.05, 3.63) is 118 Å². The lowest BCUT2D eigenvalue weighted by molar-refractivity contribution is -0.140. The maximum atomic E-state index is 14.0. The summed E-state index contributed by atoms with van der Waals surface area (Å²) in [6, 6.07) is 18.4. The van der Waals surface area contributed by atoms with Crippen molar-refractivity contribution in [2.24, 2.45) is 9.98 Å². The van der Waals surface area contributed by atoms with Crippen LogP contribution < -0.4 is 10.7 Å². The molecule has 0 saturated carbocycles. The standard InChI is InChI=1S/C36H14F8N4/c37-31-7-3-19(11-29(31)35(39,40)41)17-1-5-21-23-13-24-22-6-2-18(20-4-8-32(38)30(12-20)36(42,43)44)10-26(22)34(48-16-46)28(24)14-27(23)33(47-15-45)25(21)9-17/h1-14H. The van der Waals surface area contributed by atoms with Crippen LogP contribution in [0.5, 0.6) is 0 Å². The van der Waals surface area contributed by atoms with Gasteiger partial charge in [0.1, 0.15) is 11.6 Å². The van der Waals surface area contributed by atoms with Gasteiger partial charge in [-0.15, -0.1) is 0 Å². The Hall–Kier alpha value is -6.14. The molecule has 7 aromatic rings. The number of hydrogen-bond donors (Lipinski definition) is 0. The van der Waals surface area contributed by atoms with Crippen LogP contribution in [0.3, 0.4) is 0 Å². The lowest BCUT2D eigenvalue weighted by atomic mass is 9.99. The number of benzene rings is 5. The number of nitrogens with zero attached hydrogens (tertiary/aromatic N) is 4. The van der Waals surface area contributed by atoms with E-state index < -0.39 is 35.1 Å². The van der Waals surface area contributed by atoms with Crippen molar-refractivity contribution >= 4 is 43.1 Å². The lowest BCUT2D eigenvalue weighted by Gasteiger charge is -2.10. The highest BCUT2D eigenvalue weighted by atomic mass is 19.4. The van der Waals surface area contributed by atoms with Gasteiger partial charge in [0.15, 0.2) is 0 Å². The van der Waals surface area contributed by atoms with E-state index in [0.717, 1.165) is 12.1 Å². The molecule has 0 aliphatic carbocycles. The Bertz CT molecular complexity index is 2520. The Morgan fingerprint density at radius 3 is 1.12 bits per heavy atom. The fourth-order valence-corrected chi connectivity index (χ4v) is 6.22. The summed E-state index contributed by atoms with van der Waals surface area (Å²) in [5.41, 5.74) is -2.00. The number of fused-ring (bicyclic) bond motifs is 6. The number of rotatable bonds is 2. The molecule has 0 bridgehead atoms. The Balaban J connectivity index is 1.48. The third-order valence-corrected chi connectivity index (χ3v) is 8.33. The first-order valence-corrected chi connectivity index (χ1v) is 14.0. The zero-order valence-electron chi connectivity index (χ0n) is 23.9. The molecule has 0 aromatic heterocycles. The van der Waals surface area contributed by atoms with Crippen molar-refractivity contribution in [1.82, 2.24) is 0 Å². The van der Waals surface area contributed by atoms with Gasteiger partial charge < -0.3 is 0 Å². The zero-order chi connectivity index (χ0) is 34.1. The largest absolute Gasteiger partial charge is 0.419 e. The van der Waals surface area contributed by atoms with Gasteiger partial charge in [0, 0.05) is 21.5 Å². The Morgan fingerprint density at radius 1 is 0.417 bits per heavy atom. The fourth-order valence-electron chi connectivity index (χ4n) is 6.22. The van der Waals surface area contributed by atoms with Gasteiger partial charge in [-0.2, -0.15) is 46.9 Å². The van der Waals surface area contributed by atoms with Crippen molar-refractivity contribution in [2.75, 3.05) is 0 Å². The van der Waals surface area contributed by atoms with Gasteiger partial charge in [-0.1, -0.05) is 36.4 Å². The van der Waals surface area contributed by atoms with E-state index in [-0.39, 0.29) is 21.8 Å². The average molecular weight is 655 g/mol. The maximum Gasteiger partial charge on any atom is 0.419 e. The van der Waals surface area contributed by atoms with Gasteiger partial charge in [-0.3, -0.25) is 0 Å². The van der Waals surface area contributed by atoms with Crippen molar-refractivity contribution in [2.45, 2.75) is 12.4 Å². The summed E-state index contributed by atoms with van der Waals surface area (Å²) in [5, 5.41) is 23.8. The van der Waals surface area contributed by atoms with E-state index >= 15 is 0 Å². The van der Waals surface area contributed by atoms with Crippen LogP contribution in [0.25, 0.3) is 65.3 Å². The van der Waals surface area contributed by atoms with Gasteiger partial charge in [0.2, 0.25) is 12.4 Å². The van der Waals surface area contributed by atoms with E-state index in [1.54, 1.807) is 60.9 Å². The second-order valence-corrected chi connectivity index (χ2v) is 11.0. The summed E-state index contributed by atoms with van der Waals surface area (Å²) in [7, 11) is 0. The highest BCUT2D eigenvalue weighted by Gasteiger charge is 2.35. The predicted octanol–water partition coefficient (Wildman–Crippen LogP) is 9.59. The molecular weight excluding hydrogens is 640 g/mol. The maximum absolute atomic E-state index is 14.0. The molecule has 0 atom stereocenters. The van der Waals surface area contributed by atoms with Gasteiger partial charge in [-0.05, 0) is 92.3 Å². The second kappa shape index (κ2) is 10.7. The number of nitriles is 2. The number of hydrogen-bond acceptors (Lipinski definition) is 4. The molecule has 0 saturated heterocycles. The summed E-state index contributed by atoms with van der Waals surface area (Å²) >= 11 is 0. The van der Waals surface area contributed by atoms with Gasteiger partial charge in [-0.25, -0.2) is 8.78 Å². The smallest absolute Gasteiger partial charge is 0.206 e. The quantitative estimate of drug-likeness (QED) is 0.138. The first-order valence-electron chi connectivity index (χ1n) is 14.0. The molecule has 0 fully saturated rings. The van der Waals surface area contributed by atoms with Crippen LogP contribution in [-0.2, 0) is 12.4 Å². The van der Waals surface area contributed by atoms with Gasteiger partial charge in [0.05, 0.1) is 21.8 Å². The second-order valence-electron chi connectivity index (χ2n) is 11.0. The van der Waals surface area contributed by atoms with E-state index in [9.17, 15) is 45.6 Å². The lowest BCUT2D eigenvalue weighted by Crippen LogP contribution is -2.08. The van der Waals surface area contributed by atoms with Crippen molar-refractivity contribution in [3.8, 4) is 34.6 Å². The first kappa shape index (κ1) is 30.5. The van der Waals surface area contributed by atoms with Crippen LogP contribution in [0.4, 0.5) is 35.1 Å². The van der Waals surface area contributed by atoms with Crippen LogP contribution in [0.15, 0.2) is 94.9 Å². The van der Waals surface area contributed by atoms with Gasteiger partial charge >= 0.3 is 12.4 Å². The molecule has 12 heteroatoms. The minimum atomic E-state index is -4.91. The molecule has 0 heterocycles. The van der Waals surface area contributed by atoms with Crippen molar-refractivity contribution < 1.29 is 35.1 Å². The van der Waals surface area contributed by atoms with E-state index in [0.29, 0.717) is 66.3 Å². The summed E-state index contributed by atoms with van der Waals surface area (Å²) < 4.78 is 108. The SMILES string of the molecule is N#CN=c1c2cc(-c3ccc(F)c(C(F)(F)F)c3)ccc2c2cc3c(cc12)c(=NC#N)c1cc(-c2ccc(F)c(C(F)(F)F)c2)ccc13. The highest BCUT2D eigenvalue weighted by Crippen LogP contribution is 2.39. The van der Waals surface area contributed by atoms with Crippen molar-refractivity contribution in [3.63, 3.8) is 0 Å². The first-order chi connectivity index (χ1) is 22.8. The molecule has 4 nitrogen and oxygen atoms in total. The molecule has 0 aliphatic rings. The highest BCUT2D eigenvalue weighted by molar-refractivity contribution is 6.21. The average Bonchev–Trinajstić information content (AvgIpc) is 3.50. The van der Waals surface area contributed by atoms with Gasteiger partial charge in [0.25, 0.3) is 0 Å². The van der Waals surface area contributed by atoms with Crippen LogP contribution in [0.1, 0.15) is 11.1 Å². The van der Waals surface area contributed by atoms with Crippen molar-refractivity contribution in [1.29, 1.82) is 10.5 Å². The summed E-state index contributed by atoms with van der Waals surface area (Å²) in [5.74, 6) is -2.82. The third kappa shape index (κ3) is 4.81. The Labute approximate surface area is 264 Å². The summed E-state index contributed by atoms with van der Waals surface area (Å²) in [6.45, 7) is 0. The van der Waals surface area contributed by atoms with Crippen LogP contribution in [-0.4, -0.2) is 0 Å². The zero-order valence-corrected chi connectivity index (χ0v) is 23.9. The molecule has 0 unspecified atom stereocenters. The molecule has 234 valence electrons. The normalized spacial score (nSPS) is 13.2. The minimum absolute atomic E-state index is 0.0953. The third-order valence-electron chi connectivity index (χ3n) is 8.33. The molecule has 0 amide bonds. The predicted molar refractivity (Wildman–Crippen MR) is 162 cm³/mol. The minimum Gasteiger partial charge on any atom is -0.206 e. The molecule has 0 N–H and O–H groups in total. The number of alkyl halides is 6. The Morgan fingerprint density at radius 2 is 0.750 bits per heavy atom. The molecule has 7 aromatic carbocycles. The fraction of sp³-hybridized carbons (Fsp3) is 0.0556. The van der Waals surface area contributed by atoms with E-state index in [2.05, 4.69) is 9.98 Å². The Kier molecular flexibility index (Phi) is 6.81. The molecule has 0 aliphatic heterocycles. The molecule has 7 rings (SSSR count).